The molecule has 3 amide bonds. The molecular formula is C69H82Cl2FN9O9. The van der Waals surface area contributed by atoms with E-state index in [0.29, 0.717) is 153 Å². The zero-order valence-electron chi connectivity index (χ0n) is 53.1. The highest BCUT2D eigenvalue weighted by molar-refractivity contribution is 6.30. The Morgan fingerprint density at radius 2 is 1.42 bits per heavy atom. The van der Waals surface area contributed by atoms with Crippen molar-refractivity contribution in [2.45, 2.75) is 110 Å². The number of piperazine rings is 1. The van der Waals surface area contributed by atoms with Crippen LogP contribution in [0.15, 0.2) is 102 Å². The summed E-state index contributed by atoms with van der Waals surface area (Å²) < 4.78 is 51.8. The number of hydrogen-bond donors (Lipinski definition) is 0. The van der Waals surface area contributed by atoms with Crippen LogP contribution in [0.4, 0.5) is 9.18 Å². The number of aromatic nitrogens is 3. The van der Waals surface area contributed by atoms with Crippen molar-refractivity contribution < 1.29 is 47.2 Å². The molecule has 0 radical (unpaired) electrons. The normalized spacial score (nSPS) is 18.7. The van der Waals surface area contributed by atoms with Crippen LogP contribution in [-0.2, 0) is 53.3 Å². The predicted octanol–water partition coefficient (Wildman–Crippen LogP) is 12.1. The van der Waals surface area contributed by atoms with Crippen molar-refractivity contribution in [1.29, 1.82) is 5.26 Å². The first-order chi connectivity index (χ1) is 43.1. The second kappa shape index (κ2) is 29.8. The number of pyridine rings is 1. The number of ether oxygens (including phenoxy) is 6. The quantitative estimate of drug-likeness (QED) is 0.0522. The number of Topliss-reactive ketones (excluding diaryl/α,β-unsaturated/α-hetero) is 1. The Balaban J connectivity index is 0.683. The number of halogens is 3. The number of aryl methyl sites for hydroxylation is 2. The van der Waals surface area contributed by atoms with Crippen LogP contribution in [0.3, 0.4) is 0 Å². The summed E-state index contributed by atoms with van der Waals surface area (Å²) in [5, 5.41) is 16.4. The van der Waals surface area contributed by atoms with E-state index >= 15 is 4.79 Å². The monoisotopic (exact) mass is 1270 g/mol. The number of urea groups is 1. The second-order valence-corrected chi connectivity index (χ2v) is 25.1. The van der Waals surface area contributed by atoms with Crippen LogP contribution in [0.5, 0.6) is 11.5 Å². The maximum atomic E-state index is 15.5. The zero-order valence-corrected chi connectivity index (χ0v) is 54.6. The molecule has 4 aromatic carbocycles. The number of fused-ring (bicyclic) bond motifs is 5. The standard InChI is InChI=1S/C69H82Cl2FN9O9/c1-10-89-62-41-51(67(4,5)6)17-23-57(62)64-75-68(7,49-13-18-52(70)19-14-49)69(8,50-15-20-53(71)21-16-50)81(64)66(84)79-29-27-78(28-30-79)31-33-86-35-37-88-39-38-87-36-34-85-32-25-55(82)12-11-26-80-60(43-73)63-48-40-61(46(2)74-44-48)90-47(3)58-42-54(72)22-24-56(58)65(83)77(9)45-59(63)76-80/h13-24,40-42,44,47H,10-12,25-39,45H2,1-9H3/t47-,68-,69+/m1/s1. The van der Waals surface area contributed by atoms with E-state index in [2.05, 4.69) is 62.7 Å². The summed E-state index contributed by atoms with van der Waals surface area (Å²) in [4.78, 5) is 59.9. The van der Waals surface area contributed by atoms with Crippen molar-refractivity contribution in [1.82, 2.24) is 34.4 Å². The third kappa shape index (κ3) is 15.2. The van der Waals surface area contributed by atoms with Crippen LogP contribution in [0.25, 0.3) is 11.1 Å². The molecule has 0 spiro atoms. The van der Waals surface area contributed by atoms with Gasteiger partial charge in [0, 0.05) is 97.7 Å². The van der Waals surface area contributed by atoms with Crippen LogP contribution < -0.4 is 9.47 Å². The molecule has 5 heterocycles. The van der Waals surface area contributed by atoms with Gasteiger partial charge in [-0.15, -0.1) is 0 Å². The molecule has 0 N–H and O–H groups in total. The lowest BCUT2D eigenvalue weighted by Crippen LogP contribution is -2.60. The van der Waals surface area contributed by atoms with Gasteiger partial charge in [-0.2, -0.15) is 10.4 Å². The van der Waals surface area contributed by atoms with Gasteiger partial charge in [0.1, 0.15) is 57.9 Å². The van der Waals surface area contributed by atoms with E-state index in [0.717, 1.165) is 22.3 Å². The van der Waals surface area contributed by atoms with Gasteiger partial charge in [-0.3, -0.25) is 34.0 Å². The first-order valence-corrected chi connectivity index (χ1v) is 31.6. The number of ketones is 1. The van der Waals surface area contributed by atoms with Gasteiger partial charge in [0.25, 0.3) is 5.91 Å². The van der Waals surface area contributed by atoms with Crippen molar-refractivity contribution >= 4 is 46.8 Å². The van der Waals surface area contributed by atoms with E-state index in [4.69, 9.17) is 61.7 Å². The van der Waals surface area contributed by atoms with Gasteiger partial charge in [0.2, 0.25) is 0 Å². The first kappa shape index (κ1) is 67.1. The van der Waals surface area contributed by atoms with E-state index in [1.807, 2.05) is 71.3 Å². The topological polar surface area (TPSA) is 186 Å². The molecule has 0 saturated carbocycles. The van der Waals surface area contributed by atoms with Crippen LogP contribution >= 0.6 is 23.2 Å². The van der Waals surface area contributed by atoms with Crippen LogP contribution in [0.2, 0.25) is 10.0 Å². The summed E-state index contributed by atoms with van der Waals surface area (Å²) in [5.41, 5.74) is 4.62. The number of rotatable bonds is 24. The lowest BCUT2D eigenvalue weighted by molar-refractivity contribution is -0.120. The molecule has 2 aromatic heterocycles. The highest BCUT2D eigenvalue weighted by Gasteiger charge is 2.60. The minimum Gasteiger partial charge on any atom is -0.493 e. The van der Waals surface area contributed by atoms with Gasteiger partial charge in [-0.05, 0) is 124 Å². The van der Waals surface area contributed by atoms with E-state index in [1.165, 1.54) is 23.1 Å². The second-order valence-electron chi connectivity index (χ2n) is 24.2. The molecule has 2 bridgehead atoms. The third-order valence-corrected chi connectivity index (χ3v) is 17.7. The molecule has 0 unspecified atom stereocenters. The Morgan fingerprint density at radius 3 is 2.06 bits per heavy atom. The average molecular weight is 1270 g/mol. The molecule has 3 aliphatic rings. The predicted molar refractivity (Wildman–Crippen MR) is 344 cm³/mol. The summed E-state index contributed by atoms with van der Waals surface area (Å²) in [6, 6.07) is 29.6. The van der Waals surface area contributed by atoms with Crippen molar-refractivity contribution in [3.63, 3.8) is 0 Å². The number of amides is 3. The van der Waals surface area contributed by atoms with Crippen molar-refractivity contribution in [3.05, 3.63) is 164 Å². The largest absolute Gasteiger partial charge is 0.493 e. The highest BCUT2D eigenvalue weighted by Crippen LogP contribution is 2.54. The average Bonchev–Trinajstić information content (AvgIpc) is 1.53. The molecule has 6 aromatic rings. The summed E-state index contributed by atoms with van der Waals surface area (Å²) in [7, 11) is 1.63. The Bertz CT molecular complexity index is 3580. The minimum absolute atomic E-state index is 0.0147. The summed E-state index contributed by atoms with van der Waals surface area (Å²) >= 11 is 13.0. The zero-order chi connectivity index (χ0) is 64.3. The van der Waals surface area contributed by atoms with E-state index in [-0.39, 0.29) is 61.4 Å². The lowest BCUT2D eigenvalue weighted by atomic mass is 9.71. The number of aliphatic imine (C=N–C) groups is 1. The molecule has 3 aliphatic heterocycles. The smallest absolute Gasteiger partial charge is 0.326 e. The van der Waals surface area contributed by atoms with Crippen LogP contribution in [0, 0.1) is 24.1 Å². The SMILES string of the molecule is CCOc1cc(C(C)(C)C)ccc1C1=N[C@](C)(c2ccc(Cl)cc2)[C@](C)(c2ccc(Cl)cc2)N1C(=O)N1CCN(CCOCCOCCOCCOCCC(=O)CCCn2nc3c(c2C#N)-c2cnc(C)c(c2)O[C@H](C)c2cc(F)ccc2C(=O)N(C)C3)CC1. The fourth-order valence-electron chi connectivity index (χ4n) is 11.8. The molecule has 9 rings (SSSR count). The molecule has 478 valence electrons. The van der Waals surface area contributed by atoms with Gasteiger partial charge in [0.05, 0.1) is 83.0 Å². The van der Waals surface area contributed by atoms with E-state index < -0.39 is 23.0 Å². The van der Waals surface area contributed by atoms with Gasteiger partial charge < -0.3 is 38.2 Å². The number of nitriles is 1. The Kier molecular flexibility index (Phi) is 22.2. The molecule has 0 aliphatic carbocycles. The van der Waals surface area contributed by atoms with Crippen LogP contribution in [0.1, 0.15) is 129 Å². The number of carbonyl (C=O) groups excluding carboxylic acids is 3. The number of carbonyl (C=O) groups is 3. The van der Waals surface area contributed by atoms with Gasteiger partial charge in [-0.1, -0.05) is 74.3 Å². The summed E-state index contributed by atoms with van der Waals surface area (Å²) in [6.45, 7) is 23.0. The Morgan fingerprint density at radius 1 is 0.800 bits per heavy atom. The summed E-state index contributed by atoms with van der Waals surface area (Å²) in [5.74, 6) is 0.799. The maximum absolute atomic E-state index is 15.5. The van der Waals surface area contributed by atoms with Crippen molar-refractivity contribution in [3.8, 4) is 28.7 Å². The van der Waals surface area contributed by atoms with E-state index in [1.54, 1.807) is 37.8 Å². The fourth-order valence-corrected chi connectivity index (χ4v) is 12.1. The number of hydrogen-bond acceptors (Lipinski definition) is 14. The number of benzene rings is 4. The number of nitrogens with zero attached hydrogens (tertiary/aromatic N) is 9. The third-order valence-electron chi connectivity index (χ3n) is 17.2. The van der Waals surface area contributed by atoms with Crippen molar-refractivity contribution in [2.24, 2.45) is 4.99 Å². The molecule has 21 heteroatoms. The molecule has 1 fully saturated rings. The molecule has 1 saturated heterocycles. The Hall–Kier alpha value is -7.28. The molecule has 3 atom stereocenters. The first-order valence-electron chi connectivity index (χ1n) is 30.9. The molecule has 18 nitrogen and oxygen atoms in total. The highest BCUT2D eigenvalue weighted by atomic mass is 35.5. The van der Waals surface area contributed by atoms with Gasteiger partial charge in [-0.25, -0.2) is 9.18 Å². The van der Waals surface area contributed by atoms with Crippen molar-refractivity contribution in [2.75, 3.05) is 99.2 Å². The van der Waals surface area contributed by atoms with E-state index in [9.17, 15) is 19.2 Å². The fraction of sp³-hybridized carbons (Fsp3) is 0.464. The van der Waals surface area contributed by atoms with Gasteiger partial charge >= 0.3 is 6.03 Å². The molecule has 90 heavy (non-hydrogen) atoms. The maximum Gasteiger partial charge on any atom is 0.326 e. The Labute approximate surface area is 537 Å². The lowest BCUT2D eigenvalue weighted by Gasteiger charge is -2.47. The van der Waals surface area contributed by atoms with Crippen LogP contribution in [-0.4, -0.2) is 157 Å². The minimum atomic E-state index is -1.03. The number of amidine groups is 1. The van der Waals surface area contributed by atoms with Gasteiger partial charge in [0.15, 0.2) is 0 Å². The summed E-state index contributed by atoms with van der Waals surface area (Å²) in [6.07, 6.45) is 1.87. The molecular weight excluding hydrogens is 1190 g/mol.